The summed E-state index contributed by atoms with van der Waals surface area (Å²) in [4.78, 5) is 16.3. The molecular weight excluding hydrogens is 468 g/mol. The van der Waals surface area contributed by atoms with Crippen LogP contribution in [0.3, 0.4) is 0 Å². The van der Waals surface area contributed by atoms with E-state index in [1.807, 2.05) is 102 Å². The van der Waals surface area contributed by atoms with Crippen molar-refractivity contribution in [2.75, 3.05) is 6.54 Å². The molecule has 1 aliphatic heterocycles. The third kappa shape index (κ3) is 14.6. The standard InChI is InChI=1S/C24H30N2O2.5C2H6/c1-7-13-18-20(12-6)24(28)19-25(21(14-8-2)15-9-3)23(27)26(24)22(16-10-4)17-11-5;5*1-2/h7-18,28H,2,4,6,19H2,1,3,5H3;5*1-2H3/b13-7-,15-9-,17-11-,20-18+,21-14+,22-16+;;;;;. The zero-order valence-corrected chi connectivity index (χ0v) is 27.0. The van der Waals surface area contributed by atoms with Crippen molar-refractivity contribution in [1.82, 2.24) is 9.80 Å². The van der Waals surface area contributed by atoms with Crippen LogP contribution in [-0.2, 0) is 0 Å². The molecule has 1 rings (SSSR count). The fourth-order valence-corrected chi connectivity index (χ4v) is 2.97. The fraction of sp³-hybridized carbons (Fsp3) is 0.441. The first-order valence-corrected chi connectivity index (χ1v) is 14.2. The number of carbonyl (C=O) groups excluding carboxylic acids is 1. The van der Waals surface area contributed by atoms with Crippen molar-refractivity contribution >= 4 is 6.03 Å². The molecule has 1 N–H and O–H groups in total. The Labute approximate surface area is 237 Å². The second kappa shape index (κ2) is 31.9. The summed E-state index contributed by atoms with van der Waals surface area (Å²) >= 11 is 0. The van der Waals surface area contributed by atoms with Crippen molar-refractivity contribution in [3.8, 4) is 0 Å². The van der Waals surface area contributed by atoms with Crippen LogP contribution in [0.25, 0.3) is 0 Å². The highest BCUT2D eigenvalue weighted by atomic mass is 16.3. The van der Waals surface area contributed by atoms with E-state index in [1.165, 1.54) is 9.80 Å². The molecule has 2 amide bonds. The minimum Gasteiger partial charge on any atom is -0.365 e. The van der Waals surface area contributed by atoms with Crippen molar-refractivity contribution in [3.05, 3.63) is 110 Å². The SMILES string of the molecule is C=C/C=C(\C=C/C)N1CC(O)(/C(C=C)=C/C=C\C)N(C(/C=C\C)=C/C=C)C1=O.CC.CC.CC.CC.CC. The summed E-state index contributed by atoms with van der Waals surface area (Å²) in [5, 5.41) is 11.7. The molecule has 218 valence electrons. The number of β-amino-alcohol motifs (C(OH)–C–C–N with tert-alkyl or cyclic N) is 1. The van der Waals surface area contributed by atoms with Crippen LogP contribution < -0.4 is 0 Å². The van der Waals surface area contributed by atoms with Crippen LogP contribution in [0.4, 0.5) is 4.79 Å². The number of amides is 2. The lowest BCUT2D eigenvalue weighted by molar-refractivity contribution is 0.000436. The molecule has 1 aliphatic rings. The van der Waals surface area contributed by atoms with Gasteiger partial charge in [0, 0.05) is 17.0 Å². The number of nitrogens with zero attached hydrogens (tertiary/aromatic N) is 2. The van der Waals surface area contributed by atoms with Crippen LogP contribution in [0.5, 0.6) is 0 Å². The molecule has 4 heteroatoms. The molecule has 1 unspecified atom stereocenters. The Morgan fingerprint density at radius 2 is 1.16 bits per heavy atom. The highest BCUT2D eigenvalue weighted by molar-refractivity contribution is 5.84. The number of hydrogen-bond acceptors (Lipinski definition) is 2. The van der Waals surface area contributed by atoms with Gasteiger partial charge in [-0.25, -0.2) is 4.79 Å². The van der Waals surface area contributed by atoms with Gasteiger partial charge in [0.25, 0.3) is 0 Å². The Morgan fingerprint density at radius 1 is 0.737 bits per heavy atom. The van der Waals surface area contributed by atoms with E-state index in [1.54, 1.807) is 60.8 Å². The second-order valence-corrected chi connectivity index (χ2v) is 6.03. The van der Waals surface area contributed by atoms with Gasteiger partial charge in [-0.1, -0.05) is 138 Å². The summed E-state index contributed by atoms with van der Waals surface area (Å²) < 4.78 is 0. The van der Waals surface area contributed by atoms with Gasteiger partial charge in [0.1, 0.15) is 0 Å². The predicted octanol–water partition coefficient (Wildman–Crippen LogP) is 10.5. The lowest BCUT2D eigenvalue weighted by Crippen LogP contribution is -2.47. The number of aliphatic hydroxyl groups is 1. The van der Waals surface area contributed by atoms with Gasteiger partial charge in [0.15, 0.2) is 5.72 Å². The van der Waals surface area contributed by atoms with Gasteiger partial charge < -0.3 is 5.11 Å². The molecular formula is C34H60N2O2. The van der Waals surface area contributed by atoms with Crippen LogP contribution in [-0.4, -0.2) is 33.2 Å². The van der Waals surface area contributed by atoms with Crippen LogP contribution in [0.2, 0.25) is 0 Å². The summed E-state index contributed by atoms with van der Waals surface area (Å²) in [5.41, 5.74) is 0.0731. The number of hydrogen-bond donors (Lipinski definition) is 1. The maximum absolute atomic E-state index is 13.4. The smallest absolute Gasteiger partial charge is 0.331 e. The van der Waals surface area contributed by atoms with E-state index < -0.39 is 5.72 Å². The van der Waals surface area contributed by atoms with Crippen molar-refractivity contribution in [2.45, 2.75) is 95.7 Å². The summed E-state index contributed by atoms with van der Waals surface area (Å²) in [5.74, 6) is 0. The summed E-state index contributed by atoms with van der Waals surface area (Å²) in [7, 11) is 0. The zero-order chi connectivity index (χ0) is 31.2. The normalized spacial score (nSPS) is 17.1. The first-order chi connectivity index (χ1) is 18.4. The van der Waals surface area contributed by atoms with Crippen LogP contribution in [0.1, 0.15) is 90.0 Å². The highest BCUT2D eigenvalue weighted by Crippen LogP contribution is 2.37. The molecule has 0 aliphatic carbocycles. The first kappa shape index (κ1) is 44.9. The average molecular weight is 529 g/mol. The molecule has 0 aromatic heterocycles. The van der Waals surface area contributed by atoms with Crippen molar-refractivity contribution in [1.29, 1.82) is 0 Å². The van der Waals surface area contributed by atoms with E-state index in [-0.39, 0.29) is 12.6 Å². The van der Waals surface area contributed by atoms with E-state index in [0.717, 1.165) is 0 Å². The minimum absolute atomic E-state index is 0.0390. The van der Waals surface area contributed by atoms with Gasteiger partial charge in [-0.2, -0.15) is 0 Å². The molecule has 1 atom stereocenters. The average Bonchev–Trinajstić information content (AvgIpc) is 3.24. The number of rotatable bonds is 9. The van der Waals surface area contributed by atoms with Crippen molar-refractivity contribution in [2.24, 2.45) is 0 Å². The lowest BCUT2D eigenvalue weighted by Gasteiger charge is -2.33. The van der Waals surface area contributed by atoms with Gasteiger partial charge in [0.2, 0.25) is 0 Å². The Balaban J connectivity index is -0.000000323. The number of allylic oxidation sites excluding steroid dienone is 11. The van der Waals surface area contributed by atoms with Gasteiger partial charge in [-0.3, -0.25) is 9.80 Å². The lowest BCUT2D eigenvalue weighted by atomic mass is 10.00. The monoisotopic (exact) mass is 528 g/mol. The highest BCUT2D eigenvalue weighted by Gasteiger charge is 2.52. The van der Waals surface area contributed by atoms with E-state index in [0.29, 0.717) is 17.0 Å². The maximum Gasteiger partial charge on any atom is 0.331 e. The maximum atomic E-state index is 13.4. The Morgan fingerprint density at radius 3 is 1.53 bits per heavy atom. The molecule has 1 heterocycles. The van der Waals surface area contributed by atoms with E-state index >= 15 is 0 Å². The molecule has 1 fully saturated rings. The second-order valence-electron chi connectivity index (χ2n) is 6.03. The largest absolute Gasteiger partial charge is 0.365 e. The van der Waals surface area contributed by atoms with Gasteiger partial charge >= 0.3 is 6.03 Å². The van der Waals surface area contributed by atoms with Crippen molar-refractivity contribution < 1.29 is 9.90 Å². The molecule has 0 aromatic rings. The summed E-state index contributed by atoms with van der Waals surface area (Å²) in [6.07, 6.45) is 20.8. The summed E-state index contributed by atoms with van der Waals surface area (Å²) in [6.45, 7) is 36.9. The van der Waals surface area contributed by atoms with E-state index in [4.69, 9.17) is 0 Å². The molecule has 0 aromatic carbocycles. The quantitative estimate of drug-likeness (QED) is 0.302. The van der Waals surface area contributed by atoms with Gasteiger partial charge in [-0.15, -0.1) is 0 Å². The van der Waals surface area contributed by atoms with Gasteiger partial charge in [-0.05, 0) is 45.1 Å². The van der Waals surface area contributed by atoms with Crippen LogP contribution in [0.15, 0.2) is 110 Å². The number of urea groups is 1. The van der Waals surface area contributed by atoms with Gasteiger partial charge in [0.05, 0.1) is 6.54 Å². The molecule has 4 nitrogen and oxygen atoms in total. The fourth-order valence-electron chi connectivity index (χ4n) is 2.97. The summed E-state index contributed by atoms with van der Waals surface area (Å²) in [6, 6.07) is -0.354. The van der Waals surface area contributed by atoms with Crippen LogP contribution in [0, 0.1) is 0 Å². The number of carbonyl (C=O) groups is 1. The minimum atomic E-state index is -1.60. The molecule has 0 spiro atoms. The van der Waals surface area contributed by atoms with Crippen LogP contribution >= 0.6 is 0 Å². The Hall–Kier alpha value is -3.11. The molecule has 0 bridgehead atoms. The third-order valence-electron chi connectivity index (χ3n) is 4.14. The molecule has 0 saturated carbocycles. The van der Waals surface area contributed by atoms with Crippen molar-refractivity contribution in [3.63, 3.8) is 0 Å². The molecule has 38 heavy (non-hydrogen) atoms. The van der Waals surface area contributed by atoms with E-state index in [9.17, 15) is 9.90 Å². The Kier molecular flexibility index (Phi) is 37.7. The topological polar surface area (TPSA) is 43.8 Å². The zero-order valence-electron chi connectivity index (χ0n) is 27.0. The molecule has 0 radical (unpaired) electrons. The molecule has 1 saturated heterocycles. The third-order valence-corrected chi connectivity index (χ3v) is 4.14. The predicted molar refractivity (Wildman–Crippen MR) is 175 cm³/mol. The first-order valence-electron chi connectivity index (χ1n) is 14.2. The Bertz CT molecular complexity index is 795. The van der Waals surface area contributed by atoms with E-state index in [2.05, 4.69) is 19.7 Å².